The first-order valence-electron chi connectivity index (χ1n) is 11.5. The molecular formula is C24H40IN3O2. The van der Waals surface area contributed by atoms with Gasteiger partial charge in [0.05, 0.1) is 12.7 Å². The lowest BCUT2D eigenvalue weighted by atomic mass is 9.83. The molecule has 0 amide bonds. The Morgan fingerprint density at radius 3 is 2.53 bits per heavy atom. The molecule has 6 heteroatoms. The molecule has 1 aliphatic heterocycles. The third-order valence-electron chi connectivity index (χ3n) is 6.21. The SMILES string of the molecule is CCCC1CCC(NC(=NC)NCc2cccc(COC3CCOCC3)c2)CC1.I. The lowest BCUT2D eigenvalue weighted by molar-refractivity contribution is -0.0390. The van der Waals surface area contributed by atoms with Gasteiger partial charge in [-0.1, -0.05) is 44.0 Å². The number of guanidine groups is 1. The number of benzene rings is 1. The second-order valence-corrected chi connectivity index (χ2v) is 8.52. The zero-order valence-electron chi connectivity index (χ0n) is 18.7. The summed E-state index contributed by atoms with van der Waals surface area (Å²) in [6.45, 7) is 5.38. The fourth-order valence-electron chi connectivity index (χ4n) is 4.46. The van der Waals surface area contributed by atoms with Gasteiger partial charge in [-0.15, -0.1) is 24.0 Å². The van der Waals surface area contributed by atoms with E-state index in [0.717, 1.165) is 44.5 Å². The zero-order chi connectivity index (χ0) is 20.3. The molecule has 1 aromatic carbocycles. The minimum absolute atomic E-state index is 0. The van der Waals surface area contributed by atoms with Crippen molar-refractivity contribution in [3.63, 3.8) is 0 Å². The number of nitrogens with one attached hydrogen (secondary N) is 2. The minimum atomic E-state index is 0. The largest absolute Gasteiger partial charge is 0.381 e. The number of hydrogen-bond acceptors (Lipinski definition) is 3. The van der Waals surface area contributed by atoms with Crippen molar-refractivity contribution >= 4 is 29.9 Å². The van der Waals surface area contributed by atoms with Crippen molar-refractivity contribution in [3.8, 4) is 0 Å². The van der Waals surface area contributed by atoms with Gasteiger partial charge < -0.3 is 20.1 Å². The number of halogens is 1. The van der Waals surface area contributed by atoms with Gasteiger partial charge in [-0.2, -0.15) is 0 Å². The van der Waals surface area contributed by atoms with Crippen LogP contribution in [0.1, 0.15) is 69.4 Å². The Bertz CT molecular complexity index is 627. The predicted octanol–water partition coefficient (Wildman–Crippen LogP) is 5.02. The summed E-state index contributed by atoms with van der Waals surface area (Å²) in [5, 5.41) is 7.11. The third-order valence-corrected chi connectivity index (χ3v) is 6.21. The molecule has 2 fully saturated rings. The molecule has 0 atom stereocenters. The molecule has 2 aliphatic rings. The van der Waals surface area contributed by atoms with Crippen molar-refractivity contribution in [2.75, 3.05) is 20.3 Å². The van der Waals surface area contributed by atoms with Crippen molar-refractivity contribution in [1.82, 2.24) is 10.6 Å². The number of aliphatic imine (C=N–C) groups is 1. The Morgan fingerprint density at radius 2 is 1.83 bits per heavy atom. The fourth-order valence-corrected chi connectivity index (χ4v) is 4.46. The van der Waals surface area contributed by atoms with Crippen LogP contribution in [0.25, 0.3) is 0 Å². The van der Waals surface area contributed by atoms with E-state index in [0.29, 0.717) is 18.8 Å². The number of rotatable bonds is 8. The maximum atomic E-state index is 6.06. The molecule has 1 heterocycles. The summed E-state index contributed by atoms with van der Waals surface area (Å²) in [5.41, 5.74) is 2.49. The van der Waals surface area contributed by atoms with Crippen LogP contribution in [-0.4, -0.2) is 38.4 Å². The Hall–Kier alpha value is -0.860. The quantitative estimate of drug-likeness (QED) is 0.282. The van der Waals surface area contributed by atoms with Gasteiger partial charge in [0.15, 0.2) is 5.96 Å². The lowest BCUT2D eigenvalue weighted by Gasteiger charge is -2.30. The van der Waals surface area contributed by atoms with E-state index in [1.807, 2.05) is 7.05 Å². The molecule has 30 heavy (non-hydrogen) atoms. The van der Waals surface area contributed by atoms with Crippen LogP contribution in [0.2, 0.25) is 0 Å². The van der Waals surface area contributed by atoms with Gasteiger partial charge in [0.1, 0.15) is 0 Å². The highest BCUT2D eigenvalue weighted by atomic mass is 127. The van der Waals surface area contributed by atoms with E-state index in [2.05, 4.69) is 46.8 Å². The van der Waals surface area contributed by atoms with Crippen LogP contribution in [-0.2, 0) is 22.6 Å². The van der Waals surface area contributed by atoms with Crippen molar-refractivity contribution in [1.29, 1.82) is 0 Å². The first kappa shape index (κ1) is 25.4. The van der Waals surface area contributed by atoms with Crippen LogP contribution in [0, 0.1) is 5.92 Å². The molecular weight excluding hydrogens is 489 g/mol. The lowest BCUT2D eigenvalue weighted by Crippen LogP contribution is -2.44. The number of ether oxygens (including phenoxy) is 2. The molecule has 0 bridgehead atoms. The second-order valence-electron chi connectivity index (χ2n) is 8.52. The van der Waals surface area contributed by atoms with Crippen LogP contribution < -0.4 is 10.6 Å². The van der Waals surface area contributed by atoms with Crippen molar-refractivity contribution in [2.45, 2.75) is 83.6 Å². The van der Waals surface area contributed by atoms with Crippen LogP contribution in [0.4, 0.5) is 0 Å². The highest BCUT2D eigenvalue weighted by Crippen LogP contribution is 2.27. The summed E-state index contributed by atoms with van der Waals surface area (Å²) in [5.74, 6) is 1.84. The van der Waals surface area contributed by atoms with Gasteiger partial charge >= 0.3 is 0 Å². The summed E-state index contributed by atoms with van der Waals surface area (Å²) < 4.78 is 11.5. The molecule has 1 saturated heterocycles. The molecule has 0 aromatic heterocycles. The first-order valence-corrected chi connectivity index (χ1v) is 11.5. The van der Waals surface area contributed by atoms with E-state index in [-0.39, 0.29) is 24.0 Å². The maximum Gasteiger partial charge on any atom is 0.191 e. The van der Waals surface area contributed by atoms with E-state index >= 15 is 0 Å². The molecule has 0 unspecified atom stereocenters. The zero-order valence-corrected chi connectivity index (χ0v) is 21.0. The van der Waals surface area contributed by atoms with Gasteiger partial charge in [-0.3, -0.25) is 4.99 Å². The summed E-state index contributed by atoms with van der Waals surface area (Å²) in [6.07, 6.45) is 10.2. The highest BCUT2D eigenvalue weighted by Gasteiger charge is 2.21. The number of hydrogen-bond donors (Lipinski definition) is 2. The monoisotopic (exact) mass is 529 g/mol. The Balaban J connectivity index is 0.00000320. The van der Waals surface area contributed by atoms with Gasteiger partial charge in [-0.05, 0) is 55.6 Å². The van der Waals surface area contributed by atoms with Gasteiger partial charge in [-0.25, -0.2) is 0 Å². The molecule has 1 aliphatic carbocycles. The molecule has 0 spiro atoms. The first-order chi connectivity index (χ1) is 14.3. The average molecular weight is 530 g/mol. The molecule has 170 valence electrons. The van der Waals surface area contributed by atoms with Crippen molar-refractivity contribution in [2.24, 2.45) is 10.9 Å². The highest BCUT2D eigenvalue weighted by molar-refractivity contribution is 14.0. The van der Waals surface area contributed by atoms with E-state index in [9.17, 15) is 0 Å². The van der Waals surface area contributed by atoms with E-state index in [1.54, 1.807) is 0 Å². The van der Waals surface area contributed by atoms with Crippen molar-refractivity contribution < 1.29 is 9.47 Å². The fraction of sp³-hybridized carbons (Fsp3) is 0.708. The van der Waals surface area contributed by atoms with E-state index in [4.69, 9.17) is 9.47 Å². The Morgan fingerprint density at radius 1 is 1.10 bits per heavy atom. The van der Waals surface area contributed by atoms with Crippen LogP contribution in [0.3, 0.4) is 0 Å². The minimum Gasteiger partial charge on any atom is -0.381 e. The van der Waals surface area contributed by atoms with Crippen LogP contribution in [0.15, 0.2) is 29.3 Å². The standard InChI is InChI=1S/C24H39N3O2.HI/c1-3-5-19-8-10-22(11-9-19)27-24(25-2)26-17-20-6-4-7-21(16-20)18-29-23-12-14-28-15-13-23;/h4,6-7,16,19,22-23H,3,5,8-15,17-18H2,1-2H3,(H2,25,26,27);1H. The van der Waals surface area contributed by atoms with Crippen molar-refractivity contribution in [3.05, 3.63) is 35.4 Å². The summed E-state index contributed by atoms with van der Waals surface area (Å²) in [4.78, 5) is 4.43. The molecule has 1 aromatic rings. The van der Waals surface area contributed by atoms with Gasteiger partial charge in [0.2, 0.25) is 0 Å². The van der Waals surface area contributed by atoms with Crippen LogP contribution >= 0.6 is 24.0 Å². The normalized spacial score (nSPS) is 22.9. The van der Waals surface area contributed by atoms with Gasteiger partial charge in [0, 0.05) is 32.8 Å². The Labute approximate surface area is 199 Å². The molecule has 1 saturated carbocycles. The Kier molecular flexibility index (Phi) is 12.1. The molecule has 2 N–H and O–H groups in total. The average Bonchev–Trinajstić information content (AvgIpc) is 2.77. The summed E-state index contributed by atoms with van der Waals surface area (Å²) in [7, 11) is 1.86. The van der Waals surface area contributed by atoms with E-state index < -0.39 is 0 Å². The predicted molar refractivity (Wildman–Crippen MR) is 134 cm³/mol. The molecule has 5 nitrogen and oxygen atoms in total. The molecule has 0 radical (unpaired) electrons. The van der Waals surface area contributed by atoms with E-state index in [1.165, 1.54) is 49.7 Å². The number of nitrogens with zero attached hydrogens (tertiary/aromatic N) is 1. The van der Waals surface area contributed by atoms with Gasteiger partial charge in [0.25, 0.3) is 0 Å². The topological polar surface area (TPSA) is 54.9 Å². The smallest absolute Gasteiger partial charge is 0.191 e. The van der Waals surface area contributed by atoms with Crippen LogP contribution in [0.5, 0.6) is 0 Å². The third kappa shape index (κ3) is 8.71. The summed E-state index contributed by atoms with van der Waals surface area (Å²) >= 11 is 0. The molecule has 3 rings (SSSR count). The maximum absolute atomic E-state index is 6.06. The second kappa shape index (κ2) is 14.2. The summed E-state index contributed by atoms with van der Waals surface area (Å²) in [6, 6.07) is 9.20.